The van der Waals surface area contributed by atoms with Gasteiger partial charge in [0.2, 0.25) is 5.91 Å². The lowest BCUT2D eigenvalue weighted by Crippen LogP contribution is -2.35. The van der Waals surface area contributed by atoms with Crippen LogP contribution in [0.4, 0.5) is 5.69 Å². The van der Waals surface area contributed by atoms with Gasteiger partial charge in [-0.3, -0.25) is 4.79 Å². The van der Waals surface area contributed by atoms with Crippen LogP contribution < -0.4 is 10.2 Å². The van der Waals surface area contributed by atoms with Gasteiger partial charge in [-0.1, -0.05) is 17.7 Å². The second kappa shape index (κ2) is 3.81. The van der Waals surface area contributed by atoms with Gasteiger partial charge in [0.25, 0.3) is 0 Å². The number of anilines is 1. The fraction of sp³-hybridized carbons (Fsp3) is 0.462. The molecule has 1 N–H and O–H groups in total. The average molecular weight is 218 g/mol. The first-order chi connectivity index (χ1) is 7.56. The molecule has 0 saturated carbocycles. The van der Waals surface area contributed by atoms with Crippen LogP contribution in [0.2, 0.25) is 0 Å². The Kier molecular flexibility index (Phi) is 2.62. The summed E-state index contributed by atoms with van der Waals surface area (Å²) in [5, 5.41) is 2.75. The van der Waals surface area contributed by atoms with Gasteiger partial charge in [-0.15, -0.1) is 0 Å². The Bertz CT molecular complexity index is 428. The van der Waals surface area contributed by atoms with Crippen molar-refractivity contribution >= 4 is 11.6 Å². The highest BCUT2D eigenvalue weighted by atomic mass is 16.1. The molecule has 16 heavy (non-hydrogen) atoms. The molecule has 0 bridgehead atoms. The molecule has 1 aliphatic rings. The number of likely N-dealkylation sites (N-methyl/N-ethyl adjacent to an activating group) is 2. The molecule has 0 aromatic heterocycles. The van der Waals surface area contributed by atoms with Crippen molar-refractivity contribution in [3.63, 3.8) is 0 Å². The molecular weight excluding hydrogens is 200 g/mol. The summed E-state index contributed by atoms with van der Waals surface area (Å²) in [4.78, 5) is 14.1. The van der Waals surface area contributed by atoms with E-state index >= 15 is 0 Å². The smallest absolute Gasteiger partial charge is 0.229 e. The van der Waals surface area contributed by atoms with Crippen LogP contribution in [0.15, 0.2) is 18.2 Å². The van der Waals surface area contributed by atoms with Crippen LogP contribution in [0.1, 0.15) is 24.0 Å². The maximum Gasteiger partial charge on any atom is 0.229 e. The minimum atomic E-state index is -0.0510. The number of hydrogen-bond acceptors (Lipinski definition) is 2. The van der Waals surface area contributed by atoms with Gasteiger partial charge in [0.15, 0.2) is 0 Å². The molecule has 1 amide bonds. The first kappa shape index (κ1) is 11.0. The molecule has 2 rings (SSSR count). The minimum absolute atomic E-state index is 0.0510. The van der Waals surface area contributed by atoms with Gasteiger partial charge in [-0.2, -0.15) is 0 Å². The van der Waals surface area contributed by atoms with E-state index < -0.39 is 0 Å². The summed E-state index contributed by atoms with van der Waals surface area (Å²) in [5.41, 5.74) is 3.52. The molecule has 1 aromatic rings. The number of hydrogen-bond donors (Lipinski definition) is 1. The maximum atomic E-state index is 11.9. The number of rotatable bonds is 1. The van der Waals surface area contributed by atoms with Crippen LogP contribution in [-0.4, -0.2) is 26.0 Å². The fourth-order valence-electron chi connectivity index (χ4n) is 2.46. The van der Waals surface area contributed by atoms with E-state index in [1.54, 1.807) is 7.05 Å². The normalized spacial score (nSPS) is 23.1. The molecule has 1 heterocycles. The lowest BCUT2D eigenvalue weighted by Gasteiger charge is -2.21. The molecule has 0 aliphatic carbocycles. The third-order valence-electron chi connectivity index (χ3n) is 3.52. The number of nitrogens with zero attached hydrogens (tertiary/aromatic N) is 1. The van der Waals surface area contributed by atoms with Gasteiger partial charge in [-0.25, -0.2) is 0 Å². The zero-order valence-corrected chi connectivity index (χ0v) is 10.2. The van der Waals surface area contributed by atoms with Crippen molar-refractivity contribution in [1.29, 1.82) is 0 Å². The Hall–Kier alpha value is -1.51. The Morgan fingerprint density at radius 3 is 2.75 bits per heavy atom. The van der Waals surface area contributed by atoms with Gasteiger partial charge in [0, 0.05) is 25.8 Å². The quantitative estimate of drug-likeness (QED) is 0.777. The second-order valence-electron chi connectivity index (χ2n) is 4.51. The summed E-state index contributed by atoms with van der Waals surface area (Å²) < 4.78 is 0. The number of nitrogens with one attached hydrogen (secondary N) is 1. The lowest BCUT2D eigenvalue weighted by atomic mass is 9.94. The van der Waals surface area contributed by atoms with Crippen molar-refractivity contribution in [2.45, 2.75) is 25.8 Å². The van der Waals surface area contributed by atoms with Gasteiger partial charge in [0.05, 0.1) is 5.92 Å². The van der Waals surface area contributed by atoms with Crippen molar-refractivity contribution in [1.82, 2.24) is 5.32 Å². The van der Waals surface area contributed by atoms with E-state index in [1.807, 2.05) is 7.05 Å². The third kappa shape index (κ3) is 1.47. The molecule has 0 fully saturated rings. The lowest BCUT2D eigenvalue weighted by molar-refractivity contribution is -0.122. The van der Waals surface area contributed by atoms with Crippen LogP contribution in [0, 0.1) is 6.92 Å². The summed E-state index contributed by atoms with van der Waals surface area (Å²) in [6.07, 6.45) is 0. The molecule has 2 atom stereocenters. The topological polar surface area (TPSA) is 32.3 Å². The van der Waals surface area contributed by atoms with Crippen molar-refractivity contribution in [3.8, 4) is 0 Å². The summed E-state index contributed by atoms with van der Waals surface area (Å²) in [7, 11) is 3.74. The Morgan fingerprint density at radius 2 is 2.12 bits per heavy atom. The zero-order valence-electron chi connectivity index (χ0n) is 10.2. The molecule has 3 nitrogen and oxygen atoms in total. The number of fused-ring (bicyclic) bond motifs is 1. The number of carbonyl (C=O) groups excluding carboxylic acids is 1. The molecule has 3 heteroatoms. The van der Waals surface area contributed by atoms with E-state index in [4.69, 9.17) is 0 Å². The predicted octanol–water partition coefficient (Wildman–Crippen LogP) is 1.66. The summed E-state index contributed by atoms with van der Waals surface area (Å²) >= 11 is 0. The highest BCUT2D eigenvalue weighted by Crippen LogP contribution is 2.40. The largest absolute Gasteiger partial charge is 0.371 e. The van der Waals surface area contributed by atoms with Crippen LogP contribution in [0.3, 0.4) is 0 Å². The predicted molar refractivity (Wildman–Crippen MR) is 65.9 cm³/mol. The van der Waals surface area contributed by atoms with E-state index in [-0.39, 0.29) is 17.9 Å². The Labute approximate surface area is 96.5 Å². The average Bonchev–Trinajstić information content (AvgIpc) is 2.51. The number of aryl methyl sites for hydroxylation is 1. The third-order valence-corrected chi connectivity index (χ3v) is 3.52. The number of amides is 1. The standard InChI is InChI=1S/C13H18N2O/c1-8-5-6-11-10(7-8)12(13(16)14-3)9(2)15(11)4/h5-7,9,12H,1-4H3,(H,14,16)/t9-,12-/m0/s1. The second-order valence-corrected chi connectivity index (χ2v) is 4.51. The molecular formula is C13H18N2O. The van der Waals surface area contributed by atoms with Gasteiger partial charge < -0.3 is 10.2 Å². The van der Waals surface area contributed by atoms with E-state index in [0.29, 0.717) is 0 Å². The first-order valence-electron chi connectivity index (χ1n) is 5.61. The molecule has 0 saturated heterocycles. The monoisotopic (exact) mass is 218 g/mol. The summed E-state index contributed by atoms with van der Waals surface area (Å²) in [6, 6.07) is 6.53. The van der Waals surface area contributed by atoms with Crippen molar-refractivity contribution in [3.05, 3.63) is 29.3 Å². The zero-order chi connectivity index (χ0) is 11.9. The van der Waals surface area contributed by atoms with Crippen LogP contribution in [0.5, 0.6) is 0 Å². The highest BCUT2D eigenvalue weighted by molar-refractivity contribution is 5.89. The van der Waals surface area contributed by atoms with Crippen LogP contribution >= 0.6 is 0 Å². The SMILES string of the molecule is CNC(=O)[C@@H]1c2cc(C)ccc2N(C)[C@H]1C. The number of benzene rings is 1. The van der Waals surface area contributed by atoms with Crippen molar-refractivity contribution in [2.75, 3.05) is 19.0 Å². The van der Waals surface area contributed by atoms with Crippen LogP contribution in [0.25, 0.3) is 0 Å². The van der Waals surface area contributed by atoms with E-state index in [0.717, 1.165) is 5.56 Å². The molecule has 86 valence electrons. The molecule has 0 radical (unpaired) electrons. The maximum absolute atomic E-state index is 11.9. The highest BCUT2D eigenvalue weighted by Gasteiger charge is 2.37. The van der Waals surface area contributed by atoms with Gasteiger partial charge >= 0.3 is 0 Å². The van der Waals surface area contributed by atoms with Gasteiger partial charge in [-0.05, 0) is 25.5 Å². The van der Waals surface area contributed by atoms with E-state index in [9.17, 15) is 4.79 Å². The van der Waals surface area contributed by atoms with Crippen molar-refractivity contribution in [2.24, 2.45) is 0 Å². The molecule has 1 aromatic carbocycles. The van der Waals surface area contributed by atoms with Gasteiger partial charge in [0.1, 0.15) is 0 Å². The molecule has 0 spiro atoms. The summed E-state index contributed by atoms with van der Waals surface area (Å²) in [6.45, 7) is 4.15. The molecule has 0 unspecified atom stereocenters. The summed E-state index contributed by atoms with van der Waals surface area (Å²) in [5.74, 6) is 0.0496. The fourth-order valence-corrected chi connectivity index (χ4v) is 2.46. The minimum Gasteiger partial charge on any atom is -0.371 e. The number of carbonyl (C=O) groups is 1. The van der Waals surface area contributed by atoms with Crippen LogP contribution in [-0.2, 0) is 4.79 Å². The van der Waals surface area contributed by atoms with E-state index in [1.165, 1.54) is 11.3 Å². The Morgan fingerprint density at radius 1 is 1.44 bits per heavy atom. The van der Waals surface area contributed by atoms with E-state index in [2.05, 4.69) is 42.3 Å². The first-order valence-corrected chi connectivity index (χ1v) is 5.61. The Balaban J connectivity index is 2.51. The van der Waals surface area contributed by atoms with Crippen molar-refractivity contribution < 1.29 is 4.79 Å². The molecule has 1 aliphatic heterocycles.